The first kappa shape index (κ1) is 31.4. The molecule has 2 nitrogen and oxygen atoms in total. The van der Waals surface area contributed by atoms with E-state index in [0.29, 0.717) is 6.71 Å². The van der Waals surface area contributed by atoms with E-state index in [4.69, 9.17) is 23.2 Å². The van der Waals surface area contributed by atoms with Gasteiger partial charge in [-0.25, -0.2) is 4.98 Å². The van der Waals surface area contributed by atoms with Crippen LogP contribution in [0.3, 0.4) is 0 Å². The monoisotopic (exact) mass is 650 g/mol. The third kappa shape index (κ3) is 7.27. The van der Waals surface area contributed by atoms with Crippen LogP contribution in [0.5, 0.6) is 0 Å². The second-order valence-electron chi connectivity index (χ2n) is 11.2. The fourth-order valence-electron chi connectivity index (χ4n) is 6.14. The molecule has 6 heteroatoms. The van der Waals surface area contributed by atoms with Gasteiger partial charge in [-0.1, -0.05) is 190 Å². The number of benzene rings is 6. The lowest BCUT2D eigenvalue weighted by Crippen LogP contribution is -2.51. The van der Waals surface area contributed by atoms with Crippen LogP contribution in [0.1, 0.15) is 11.1 Å². The maximum atomic E-state index is 6.40. The molecule has 0 radical (unpaired) electrons. The van der Waals surface area contributed by atoms with Crippen LogP contribution < -0.4 is 21.6 Å². The van der Waals surface area contributed by atoms with Crippen LogP contribution in [0, 0.1) is 0 Å². The van der Waals surface area contributed by atoms with Crippen molar-refractivity contribution < 1.29 is 0 Å². The molecular weight excluding hydrogens is 618 g/mol. The van der Waals surface area contributed by atoms with Crippen molar-refractivity contribution in [1.29, 1.82) is 0 Å². The summed E-state index contributed by atoms with van der Waals surface area (Å²) in [5.74, 6) is 0. The zero-order chi connectivity index (χ0) is 31.6. The maximum absolute atomic E-state index is 6.40. The van der Waals surface area contributed by atoms with Gasteiger partial charge in [0.2, 0.25) is 6.71 Å². The Morgan fingerprint density at radius 1 is 0.522 bits per heavy atom. The highest BCUT2D eigenvalue weighted by Crippen LogP contribution is 2.35. The van der Waals surface area contributed by atoms with Gasteiger partial charge in [-0.2, -0.15) is 0 Å². The van der Waals surface area contributed by atoms with Crippen molar-refractivity contribution in [2.24, 2.45) is 0 Å². The Morgan fingerprint density at radius 3 is 1.35 bits per heavy atom. The van der Waals surface area contributed by atoms with E-state index in [2.05, 4.69) is 155 Å². The van der Waals surface area contributed by atoms with Gasteiger partial charge in [0.25, 0.3) is 0 Å². The van der Waals surface area contributed by atoms with Gasteiger partial charge in [-0.05, 0) is 35.4 Å². The lowest BCUT2D eigenvalue weighted by atomic mass is 9.37. The summed E-state index contributed by atoms with van der Waals surface area (Å²) < 4.78 is 2.20. The van der Waals surface area contributed by atoms with E-state index < -0.39 is 9.52 Å². The summed E-state index contributed by atoms with van der Waals surface area (Å²) in [4.78, 5) is 4.34. The molecule has 0 aliphatic carbocycles. The Balaban J connectivity index is 0.000000172. The highest BCUT2D eigenvalue weighted by Gasteiger charge is 2.37. The minimum atomic E-state index is -0.896. The molecule has 1 aromatic heterocycles. The summed E-state index contributed by atoms with van der Waals surface area (Å²) in [6, 6.07) is 58.9. The SMILES string of the molecule is Clc1cccc(C([SiH2]c2ccccc2)(c2cccc(Cl)c2)n2ccnc2)c1.c1ccc(B(c2ccccc2)c2ccccc2)cc1. The first-order chi connectivity index (χ1) is 22.6. The first-order valence-electron chi connectivity index (χ1n) is 15.3. The summed E-state index contributed by atoms with van der Waals surface area (Å²) in [5.41, 5.74) is 6.29. The molecule has 0 N–H and O–H groups in total. The predicted molar refractivity (Wildman–Crippen MR) is 200 cm³/mol. The molecule has 0 unspecified atom stereocenters. The van der Waals surface area contributed by atoms with Gasteiger partial charge in [0.1, 0.15) is 0 Å². The summed E-state index contributed by atoms with van der Waals surface area (Å²) in [6.07, 6.45) is 5.73. The molecule has 6 aromatic carbocycles. The molecule has 0 spiro atoms. The van der Waals surface area contributed by atoms with Gasteiger partial charge < -0.3 is 4.57 Å². The van der Waals surface area contributed by atoms with Gasteiger partial charge in [-0.15, -0.1) is 0 Å². The standard InChI is InChI=1S/C22H18Cl2N2Si.C18H15B/c23-19-8-4-6-17(14-19)22(26-13-12-25-16-26,18-7-5-9-20(24)15-18)27-21-10-2-1-3-11-21;1-4-10-16(11-5-1)19(17-12-6-2-7-13-17)18-14-8-3-9-15-18/h1-16H,27H2;1-15H. The second-order valence-corrected chi connectivity index (χ2v) is 14.2. The Bertz CT molecular complexity index is 1800. The van der Waals surface area contributed by atoms with E-state index in [-0.39, 0.29) is 5.16 Å². The number of halogens is 2. The number of nitrogens with zero attached hydrogens (tertiary/aromatic N) is 2. The van der Waals surface area contributed by atoms with E-state index >= 15 is 0 Å². The second kappa shape index (κ2) is 15.1. The Kier molecular flexibility index (Phi) is 10.3. The molecule has 0 saturated carbocycles. The minimum absolute atomic E-state index is 0.309. The van der Waals surface area contributed by atoms with E-state index in [1.807, 2.05) is 43.0 Å². The zero-order valence-corrected chi connectivity index (χ0v) is 28.3. The van der Waals surface area contributed by atoms with E-state index in [1.54, 1.807) is 0 Å². The summed E-state index contributed by atoms with van der Waals surface area (Å²) >= 11 is 12.8. The topological polar surface area (TPSA) is 17.8 Å². The molecule has 0 aliphatic rings. The fraction of sp³-hybridized carbons (Fsp3) is 0.0250. The third-order valence-corrected chi connectivity index (χ3v) is 11.3. The van der Waals surface area contributed by atoms with Crippen LogP contribution in [-0.4, -0.2) is 25.8 Å². The smallest absolute Gasteiger partial charge is 0.241 e. The molecule has 7 aromatic rings. The average Bonchev–Trinajstić information content (AvgIpc) is 3.65. The van der Waals surface area contributed by atoms with E-state index in [1.165, 1.54) is 21.6 Å². The van der Waals surface area contributed by atoms with Crippen LogP contribution in [0.4, 0.5) is 0 Å². The largest absolute Gasteiger partial charge is 0.326 e. The molecule has 0 fully saturated rings. The third-order valence-electron chi connectivity index (χ3n) is 8.25. The summed E-state index contributed by atoms with van der Waals surface area (Å²) in [6.45, 7) is 0.309. The van der Waals surface area contributed by atoms with Gasteiger partial charge in [0.05, 0.1) is 21.0 Å². The minimum Gasteiger partial charge on any atom is -0.326 e. The molecule has 0 atom stereocenters. The van der Waals surface area contributed by atoms with Gasteiger partial charge in [-0.3, -0.25) is 0 Å². The molecule has 1 heterocycles. The van der Waals surface area contributed by atoms with Crippen molar-refractivity contribution in [3.8, 4) is 0 Å². The number of imidazole rings is 1. The van der Waals surface area contributed by atoms with Gasteiger partial charge >= 0.3 is 0 Å². The van der Waals surface area contributed by atoms with Crippen LogP contribution in [-0.2, 0) is 5.16 Å². The molecule has 0 amide bonds. The van der Waals surface area contributed by atoms with Crippen molar-refractivity contribution in [2.75, 3.05) is 0 Å². The number of rotatable bonds is 8. The molecular formula is C40H33BCl2N2Si. The Morgan fingerprint density at radius 2 is 0.957 bits per heavy atom. The number of aromatic nitrogens is 2. The number of hydrogen-bond donors (Lipinski definition) is 0. The first-order valence-corrected chi connectivity index (χ1v) is 17.5. The number of hydrogen-bond acceptors (Lipinski definition) is 1. The van der Waals surface area contributed by atoms with Crippen LogP contribution in [0.25, 0.3) is 0 Å². The fourth-order valence-corrected chi connectivity index (χ4v) is 8.84. The van der Waals surface area contributed by atoms with Crippen molar-refractivity contribution >= 4 is 61.0 Å². The molecule has 0 saturated heterocycles. The summed E-state index contributed by atoms with van der Waals surface area (Å²) in [5, 5.41) is 2.42. The Labute approximate surface area is 284 Å². The normalized spacial score (nSPS) is 11.2. The highest BCUT2D eigenvalue weighted by molar-refractivity contribution is 6.95. The quantitative estimate of drug-likeness (QED) is 0.169. The Hall–Kier alpha value is -4.61. The van der Waals surface area contributed by atoms with Gasteiger partial charge in [0.15, 0.2) is 0 Å². The molecule has 46 heavy (non-hydrogen) atoms. The van der Waals surface area contributed by atoms with Crippen LogP contribution >= 0.6 is 23.2 Å². The molecule has 7 rings (SSSR count). The van der Waals surface area contributed by atoms with E-state index in [9.17, 15) is 0 Å². The zero-order valence-electron chi connectivity index (χ0n) is 25.3. The maximum Gasteiger partial charge on any atom is 0.241 e. The van der Waals surface area contributed by atoms with E-state index in [0.717, 1.165) is 21.2 Å². The van der Waals surface area contributed by atoms with Crippen molar-refractivity contribution in [2.45, 2.75) is 5.16 Å². The molecule has 0 aliphatic heterocycles. The predicted octanol–water partition coefficient (Wildman–Crippen LogP) is 6.64. The van der Waals surface area contributed by atoms with Crippen molar-refractivity contribution in [3.63, 3.8) is 0 Å². The lowest BCUT2D eigenvalue weighted by molar-refractivity contribution is 0.596. The average molecular weight is 652 g/mol. The van der Waals surface area contributed by atoms with Gasteiger partial charge in [0, 0.05) is 22.4 Å². The lowest BCUT2D eigenvalue weighted by Gasteiger charge is -2.37. The highest BCUT2D eigenvalue weighted by atomic mass is 35.5. The molecule has 0 bridgehead atoms. The molecule has 224 valence electrons. The van der Waals surface area contributed by atoms with Crippen molar-refractivity contribution in [3.05, 3.63) is 210 Å². The van der Waals surface area contributed by atoms with Crippen molar-refractivity contribution in [1.82, 2.24) is 9.55 Å². The van der Waals surface area contributed by atoms with Crippen LogP contribution in [0.15, 0.2) is 189 Å². The summed E-state index contributed by atoms with van der Waals surface area (Å²) in [7, 11) is -0.896. The van der Waals surface area contributed by atoms with Crippen LogP contribution in [0.2, 0.25) is 10.0 Å².